The third-order valence-electron chi connectivity index (χ3n) is 2.33. The Hall–Kier alpha value is -1.23. The Labute approximate surface area is 105 Å². The van der Waals surface area contributed by atoms with Crippen LogP contribution in [-0.4, -0.2) is 18.9 Å². The van der Waals surface area contributed by atoms with Crippen LogP contribution in [-0.2, 0) is 6.42 Å². The Kier molecular flexibility index (Phi) is 5.47. The zero-order valence-corrected chi connectivity index (χ0v) is 10.6. The molecule has 0 unspecified atom stereocenters. The molecule has 1 rings (SSSR count). The van der Waals surface area contributed by atoms with Crippen LogP contribution in [0.4, 0.5) is 13.2 Å². The third-order valence-corrected chi connectivity index (χ3v) is 2.33. The zero-order valence-electron chi connectivity index (χ0n) is 10.6. The molecule has 1 aromatic carbocycles. The summed E-state index contributed by atoms with van der Waals surface area (Å²) in [4.78, 5) is 0. The van der Waals surface area contributed by atoms with E-state index in [4.69, 9.17) is 0 Å². The van der Waals surface area contributed by atoms with Crippen LogP contribution in [0.1, 0.15) is 25.8 Å². The highest BCUT2D eigenvalue weighted by atomic mass is 19.4. The molecule has 0 amide bonds. The number of hydrogen-bond donors (Lipinski definition) is 1. The van der Waals surface area contributed by atoms with Gasteiger partial charge in [0, 0.05) is 6.04 Å². The molecule has 0 spiro atoms. The maximum atomic E-state index is 12.0. The molecular weight excluding hydrogens is 243 g/mol. The predicted octanol–water partition coefficient (Wildman–Crippen LogP) is 3.52. The average molecular weight is 261 g/mol. The van der Waals surface area contributed by atoms with E-state index in [0.717, 1.165) is 24.9 Å². The molecule has 0 saturated heterocycles. The van der Waals surface area contributed by atoms with Gasteiger partial charge in [-0.15, -0.1) is 13.2 Å². The second-order valence-corrected chi connectivity index (χ2v) is 4.41. The molecule has 0 aliphatic rings. The predicted molar refractivity (Wildman–Crippen MR) is 64.6 cm³/mol. The van der Waals surface area contributed by atoms with Gasteiger partial charge in [-0.25, -0.2) is 0 Å². The molecule has 0 aliphatic carbocycles. The number of ether oxygens (including phenoxy) is 1. The van der Waals surface area contributed by atoms with Crippen molar-refractivity contribution in [3.05, 3.63) is 29.8 Å². The van der Waals surface area contributed by atoms with E-state index in [-0.39, 0.29) is 5.75 Å². The minimum atomic E-state index is -4.63. The fraction of sp³-hybridized carbons (Fsp3) is 0.538. The normalized spacial score (nSPS) is 11.9. The van der Waals surface area contributed by atoms with E-state index in [1.807, 2.05) is 0 Å². The monoisotopic (exact) mass is 261 g/mol. The van der Waals surface area contributed by atoms with E-state index in [1.165, 1.54) is 12.1 Å². The first-order valence-corrected chi connectivity index (χ1v) is 5.95. The van der Waals surface area contributed by atoms with Gasteiger partial charge in [0.2, 0.25) is 0 Å². The summed E-state index contributed by atoms with van der Waals surface area (Å²) < 4.78 is 40.0. The van der Waals surface area contributed by atoms with Gasteiger partial charge in [0.15, 0.2) is 0 Å². The molecule has 0 saturated carbocycles. The lowest BCUT2D eigenvalue weighted by Gasteiger charge is -2.10. The summed E-state index contributed by atoms with van der Waals surface area (Å²) in [6.45, 7) is 4.96. The van der Waals surface area contributed by atoms with Crippen LogP contribution in [0, 0.1) is 0 Å². The van der Waals surface area contributed by atoms with E-state index in [9.17, 15) is 13.2 Å². The van der Waals surface area contributed by atoms with Gasteiger partial charge in [-0.2, -0.15) is 0 Å². The number of alkyl halides is 3. The van der Waals surface area contributed by atoms with Crippen molar-refractivity contribution in [1.82, 2.24) is 5.32 Å². The highest BCUT2D eigenvalue weighted by Crippen LogP contribution is 2.23. The minimum absolute atomic E-state index is 0.156. The van der Waals surface area contributed by atoms with Gasteiger partial charge in [-0.05, 0) is 37.1 Å². The van der Waals surface area contributed by atoms with Crippen molar-refractivity contribution in [3.63, 3.8) is 0 Å². The Morgan fingerprint density at radius 2 is 2.00 bits per heavy atom. The fourth-order valence-electron chi connectivity index (χ4n) is 1.58. The van der Waals surface area contributed by atoms with E-state index in [0.29, 0.717) is 6.04 Å². The molecule has 1 N–H and O–H groups in total. The smallest absolute Gasteiger partial charge is 0.406 e. The topological polar surface area (TPSA) is 21.3 Å². The molecular formula is C13H18F3NO. The molecule has 0 fully saturated rings. The standard InChI is InChI=1S/C13H18F3NO/c1-10(2)17-8-4-6-11-5-3-7-12(9-11)18-13(14,15)16/h3,5,7,9-10,17H,4,6,8H2,1-2H3. The lowest BCUT2D eigenvalue weighted by molar-refractivity contribution is -0.274. The molecule has 1 aromatic rings. The van der Waals surface area contributed by atoms with Crippen molar-refractivity contribution < 1.29 is 17.9 Å². The lowest BCUT2D eigenvalue weighted by atomic mass is 10.1. The van der Waals surface area contributed by atoms with Crippen LogP contribution in [0.2, 0.25) is 0 Å². The van der Waals surface area contributed by atoms with Gasteiger partial charge >= 0.3 is 6.36 Å². The minimum Gasteiger partial charge on any atom is -0.406 e. The summed E-state index contributed by atoms with van der Waals surface area (Å²) in [7, 11) is 0. The Morgan fingerprint density at radius 1 is 1.28 bits per heavy atom. The first-order valence-electron chi connectivity index (χ1n) is 5.95. The van der Waals surface area contributed by atoms with Crippen molar-refractivity contribution in [2.75, 3.05) is 6.54 Å². The van der Waals surface area contributed by atoms with E-state index < -0.39 is 6.36 Å². The Bertz CT molecular complexity index is 363. The highest BCUT2D eigenvalue weighted by Gasteiger charge is 2.31. The van der Waals surface area contributed by atoms with Gasteiger partial charge in [-0.1, -0.05) is 26.0 Å². The van der Waals surface area contributed by atoms with Crippen LogP contribution in [0.3, 0.4) is 0 Å². The van der Waals surface area contributed by atoms with Crippen LogP contribution < -0.4 is 10.1 Å². The molecule has 0 atom stereocenters. The summed E-state index contributed by atoms with van der Waals surface area (Å²) in [6.07, 6.45) is -3.01. The van der Waals surface area contributed by atoms with Crippen LogP contribution >= 0.6 is 0 Å². The number of aryl methyl sites for hydroxylation is 1. The molecule has 0 radical (unpaired) electrons. The van der Waals surface area contributed by atoms with Crippen molar-refractivity contribution in [2.24, 2.45) is 0 Å². The molecule has 0 heterocycles. The molecule has 0 bridgehead atoms. The highest BCUT2D eigenvalue weighted by molar-refractivity contribution is 5.28. The average Bonchev–Trinajstić information content (AvgIpc) is 2.22. The maximum Gasteiger partial charge on any atom is 0.573 e. The SMILES string of the molecule is CC(C)NCCCc1cccc(OC(F)(F)F)c1. The van der Waals surface area contributed by atoms with E-state index in [2.05, 4.69) is 23.9 Å². The molecule has 0 aromatic heterocycles. The fourth-order valence-corrected chi connectivity index (χ4v) is 1.58. The van der Waals surface area contributed by atoms with E-state index >= 15 is 0 Å². The summed E-state index contributed by atoms with van der Waals surface area (Å²) in [5.74, 6) is -0.156. The second-order valence-electron chi connectivity index (χ2n) is 4.41. The number of nitrogens with one attached hydrogen (secondary N) is 1. The van der Waals surface area contributed by atoms with Crippen molar-refractivity contribution >= 4 is 0 Å². The first kappa shape index (κ1) is 14.8. The van der Waals surface area contributed by atoms with Crippen LogP contribution in [0.5, 0.6) is 5.75 Å². The number of rotatable bonds is 6. The largest absolute Gasteiger partial charge is 0.573 e. The summed E-state index contributed by atoms with van der Waals surface area (Å²) in [5.41, 5.74) is 0.849. The van der Waals surface area contributed by atoms with Gasteiger partial charge in [0.05, 0.1) is 0 Å². The lowest BCUT2D eigenvalue weighted by Crippen LogP contribution is -2.23. The first-order chi connectivity index (χ1) is 8.37. The van der Waals surface area contributed by atoms with Gasteiger partial charge in [-0.3, -0.25) is 0 Å². The number of benzene rings is 1. The van der Waals surface area contributed by atoms with Gasteiger partial charge in [0.25, 0.3) is 0 Å². The van der Waals surface area contributed by atoms with Crippen molar-refractivity contribution in [2.45, 2.75) is 39.1 Å². The van der Waals surface area contributed by atoms with Crippen LogP contribution in [0.15, 0.2) is 24.3 Å². The van der Waals surface area contributed by atoms with Crippen molar-refractivity contribution in [1.29, 1.82) is 0 Å². The van der Waals surface area contributed by atoms with Gasteiger partial charge < -0.3 is 10.1 Å². The molecule has 0 aliphatic heterocycles. The zero-order chi connectivity index (χ0) is 13.6. The second kappa shape index (κ2) is 6.64. The number of halogens is 3. The third kappa shape index (κ3) is 6.49. The van der Waals surface area contributed by atoms with Gasteiger partial charge in [0.1, 0.15) is 5.75 Å². The molecule has 5 heteroatoms. The van der Waals surface area contributed by atoms with Crippen LogP contribution in [0.25, 0.3) is 0 Å². The summed E-state index contributed by atoms with van der Waals surface area (Å²) >= 11 is 0. The maximum absolute atomic E-state index is 12.0. The Balaban J connectivity index is 2.44. The molecule has 18 heavy (non-hydrogen) atoms. The Morgan fingerprint density at radius 3 is 2.61 bits per heavy atom. The summed E-state index contributed by atoms with van der Waals surface area (Å²) in [5, 5.41) is 3.26. The summed E-state index contributed by atoms with van der Waals surface area (Å²) in [6, 6.07) is 6.54. The van der Waals surface area contributed by atoms with E-state index in [1.54, 1.807) is 12.1 Å². The van der Waals surface area contributed by atoms with Crippen molar-refractivity contribution in [3.8, 4) is 5.75 Å². The molecule has 102 valence electrons. The molecule has 2 nitrogen and oxygen atoms in total. The quantitative estimate of drug-likeness (QED) is 0.791. The number of hydrogen-bond acceptors (Lipinski definition) is 2.